The summed E-state index contributed by atoms with van der Waals surface area (Å²) in [4.78, 5) is 13.9. The van der Waals surface area contributed by atoms with Gasteiger partial charge in [-0.05, 0) is 13.8 Å². The van der Waals surface area contributed by atoms with E-state index in [2.05, 4.69) is 4.99 Å². The number of hydrogen-bond acceptors (Lipinski definition) is 3. The third-order valence-electron chi connectivity index (χ3n) is 0.785. The van der Waals surface area contributed by atoms with E-state index < -0.39 is 0 Å². The maximum absolute atomic E-state index is 10.1. The van der Waals surface area contributed by atoms with Gasteiger partial charge >= 0.3 is 0 Å². The highest BCUT2D eigenvalue weighted by atomic mass is 16.1. The summed E-state index contributed by atoms with van der Waals surface area (Å²) in [6, 6.07) is 0.00380. The molecule has 0 fully saturated rings. The molecule has 0 saturated carbocycles. The fourth-order valence-electron chi connectivity index (χ4n) is 0.442. The minimum absolute atomic E-state index is 0.00380. The van der Waals surface area contributed by atoms with E-state index in [9.17, 15) is 4.79 Å². The minimum Gasteiger partial charge on any atom is -0.382 e. The van der Waals surface area contributed by atoms with Gasteiger partial charge in [-0.25, -0.2) is 0 Å². The van der Waals surface area contributed by atoms with Crippen LogP contribution in [0.15, 0.2) is 4.99 Å². The summed E-state index contributed by atoms with van der Waals surface area (Å²) < 4.78 is 0. The molecule has 0 rings (SSSR count). The van der Waals surface area contributed by atoms with Crippen LogP contribution in [0.25, 0.3) is 0 Å². The fraction of sp³-hybridized carbons (Fsp3) is 0.500. The van der Waals surface area contributed by atoms with Gasteiger partial charge in [-0.3, -0.25) is 15.2 Å². The van der Waals surface area contributed by atoms with Crippen molar-refractivity contribution in [1.29, 1.82) is 5.41 Å². The van der Waals surface area contributed by atoms with Gasteiger partial charge in [0.05, 0.1) is 0 Å². The van der Waals surface area contributed by atoms with E-state index in [4.69, 9.17) is 11.1 Å². The first-order valence-electron chi connectivity index (χ1n) is 2.95. The number of nitrogens with two attached hydrogens (primary N) is 1. The molecule has 0 spiro atoms. The van der Waals surface area contributed by atoms with Crippen molar-refractivity contribution in [2.75, 3.05) is 0 Å². The van der Waals surface area contributed by atoms with Crippen molar-refractivity contribution in [3.05, 3.63) is 0 Å². The van der Waals surface area contributed by atoms with Crippen LogP contribution in [-0.2, 0) is 4.79 Å². The molecule has 0 aliphatic carbocycles. The van der Waals surface area contributed by atoms with Crippen LogP contribution in [0.3, 0.4) is 0 Å². The van der Waals surface area contributed by atoms with E-state index in [-0.39, 0.29) is 17.6 Å². The Morgan fingerprint density at radius 2 is 2.20 bits per heavy atom. The van der Waals surface area contributed by atoms with Crippen LogP contribution in [-0.4, -0.2) is 23.9 Å². The molecule has 10 heavy (non-hydrogen) atoms. The molecule has 0 aliphatic rings. The molecule has 4 nitrogen and oxygen atoms in total. The van der Waals surface area contributed by atoms with E-state index in [1.54, 1.807) is 0 Å². The van der Waals surface area contributed by atoms with Crippen molar-refractivity contribution in [1.82, 2.24) is 0 Å². The Hall–Kier alpha value is -1.19. The van der Waals surface area contributed by atoms with Crippen LogP contribution in [0.1, 0.15) is 13.8 Å². The Morgan fingerprint density at radius 3 is 2.30 bits per heavy atom. The molecular formula is C6H11N3O. The van der Waals surface area contributed by atoms with Gasteiger partial charge < -0.3 is 5.73 Å². The van der Waals surface area contributed by atoms with Gasteiger partial charge in [0.1, 0.15) is 11.5 Å². The highest BCUT2D eigenvalue weighted by molar-refractivity contribution is 6.60. The summed E-state index contributed by atoms with van der Waals surface area (Å²) in [7, 11) is 0. The van der Waals surface area contributed by atoms with Crippen LogP contribution in [0.5, 0.6) is 0 Å². The lowest BCUT2D eigenvalue weighted by atomic mass is 10.3. The summed E-state index contributed by atoms with van der Waals surface area (Å²) in [5.74, 6) is -0.274. The van der Waals surface area contributed by atoms with Crippen LogP contribution < -0.4 is 5.73 Å². The van der Waals surface area contributed by atoms with E-state index in [0.29, 0.717) is 6.29 Å². The molecule has 0 radical (unpaired) electrons. The first-order chi connectivity index (χ1) is 4.57. The topological polar surface area (TPSA) is 79.3 Å². The minimum atomic E-state index is -0.274. The predicted octanol–water partition coefficient (Wildman–Crippen LogP) is -0.0293. The molecule has 0 aliphatic heterocycles. The summed E-state index contributed by atoms with van der Waals surface area (Å²) in [6.45, 7) is 3.62. The third kappa shape index (κ3) is 2.96. The average Bonchev–Trinajstić information content (AvgIpc) is 1.81. The Kier molecular flexibility index (Phi) is 3.32. The smallest absolute Gasteiger partial charge is 0.171 e. The number of nitrogens with one attached hydrogen (secondary N) is 1. The molecule has 0 amide bonds. The lowest BCUT2D eigenvalue weighted by Gasteiger charge is -1.97. The number of carbonyl (C=O) groups excluding carboxylic acids is 1. The number of hydrogen-bond donors (Lipinski definition) is 2. The molecule has 3 N–H and O–H groups in total. The van der Waals surface area contributed by atoms with E-state index in [1.165, 1.54) is 0 Å². The highest BCUT2D eigenvalue weighted by Crippen LogP contribution is 1.86. The standard InChI is InChI=1S/C6H11N3O/c1-4(2)9-5(3-10)6(7)8/h3-4H,1-2H3,(H3,7,8)/b9-5+. The van der Waals surface area contributed by atoms with Crippen molar-refractivity contribution in [2.24, 2.45) is 10.7 Å². The molecule has 56 valence electrons. The molecule has 0 aromatic carbocycles. The summed E-state index contributed by atoms with van der Waals surface area (Å²) in [5, 5.41) is 6.86. The Morgan fingerprint density at radius 1 is 1.70 bits per heavy atom. The van der Waals surface area contributed by atoms with E-state index >= 15 is 0 Å². The molecule has 0 unspecified atom stereocenters. The second-order valence-electron chi connectivity index (χ2n) is 2.14. The highest BCUT2D eigenvalue weighted by Gasteiger charge is 2.00. The lowest BCUT2D eigenvalue weighted by Crippen LogP contribution is -2.24. The second-order valence-corrected chi connectivity index (χ2v) is 2.14. The van der Waals surface area contributed by atoms with E-state index in [1.807, 2.05) is 13.8 Å². The molecule has 0 atom stereocenters. The number of rotatable bonds is 3. The predicted molar refractivity (Wildman–Crippen MR) is 40.5 cm³/mol. The van der Waals surface area contributed by atoms with Crippen LogP contribution in [0.4, 0.5) is 0 Å². The fourth-order valence-corrected chi connectivity index (χ4v) is 0.442. The SMILES string of the molecule is CC(C)/N=C(\C=O)C(=N)N. The molecule has 0 heterocycles. The Bertz CT molecular complexity index is 172. The summed E-state index contributed by atoms with van der Waals surface area (Å²) in [6.07, 6.45) is 0.488. The molecule has 0 aromatic heterocycles. The summed E-state index contributed by atoms with van der Waals surface area (Å²) >= 11 is 0. The molecule has 4 heteroatoms. The Balaban J connectivity index is 4.33. The van der Waals surface area contributed by atoms with Gasteiger partial charge in [-0.2, -0.15) is 0 Å². The van der Waals surface area contributed by atoms with Gasteiger partial charge in [-0.15, -0.1) is 0 Å². The quantitative estimate of drug-likeness (QED) is 0.329. The molecule has 0 aromatic rings. The van der Waals surface area contributed by atoms with Gasteiger partial charge in [0.25, 0.3) is 0 Å². The number of amidine groups is 1. The first-order valence-corrected chi connectivity index (χ1v) is 2.95. The van der Waals surface area contributed by atoms with Crippen LogP contribution in [0, 0.1) is 5.41 Å². The van der Waals surface area contributed by atoms with Crippen molar-refractivity contribution >= 4 is 17.8 Å². The third-order valence-corrected chi connectivity index (χ3v) is 0.785. The largest absolute Gasteiger partial charge is 0.382 e. The Labute approximate surface area is 59.6 Å². The lowest BCUT2D eigenvalue weighted by molar-refractivity contribution is -0.102. The van der Waals surface area contributed by atoms with Gasteiger partial charge in [-0.1, -0.05) is 0 Å². The van der Waals surface area contributed by atoms with Crippen molar-refractivity contribution < 1.29 is 4.79 Å². The van der Waals surface area contributed by atoms with Crippen molar-refractivity contribution in [3.63, 3.8) is 0 Å². The van der Waals surface area contributed by atoms with Crippen molar-refractivity contribution in [3.8, 4) is 0 Å². The summed E-state index contributed by atoms with van der Waals surface area (Å²) in [5.41, 5.74) is 5.04. The maximum Gasteiger partial charge on any atom is 0.171 e. The maximum atomic E-state index is 10.1. The number of carbonyl (C=O) groups is 1. The second kappa shape index (κ2) is 3.76. The van der Waals surface area contributed by atoms with Crippen LogP contribution >= 0.6 is 0 Å². The number of nitrogens with zero attached hydrogens (tertiary/aromatic N) is 1. The van der Waals surface area contributed by atoms with Crippen molar-refractivity contribution in [2.45, 2.75) is 19.9 Å². The monoisotopic (exact) mass is 141 g/mol. The molecule has 0 bridgehead atoms. The van der Waals surface area contributed by atoms with Gasteiger partial charge in [0.2, 0.25) is 0 Å². The zero-order valence-corrected chi connectivity index (χ0v) is 6.09. The normalized spacial score (nSPS) is 11.7. The zero-order valence-electron chi connectivity index (χ0n) is 6.09. The first kappa shape index (κ1) is 8.81. The number of aliphatic imine (C=N–C) groups is 1. The molecule has 0 saturated heterocycles. The van der Waals surface area contributed by atoms with E-state index in [0.717, 1.165) is 0 Å². The van der Waals surface area contributed by atoms with Crippen LogP contribution in [0.2, 0.25) is 0 Å². The molecular weight excluding hydrogens is 130 g/mol. The number of aldehydes is 1. The average molecular weight is 141 g/mol. The zero-order chi connectivity index (χ0) is 8.15. The van der Waals surface area contributed by atoms with Gasteiger partial charge in [0, 0.05) is 6.04 Å². The van der Waals surface area contributed by atoms with Gasteiger partial charge in [0.15, 0.2) is 6.29 Å².